The van der Waals surface area contributed by atoms with E-state index in [0.717, 1.165) is 71.0 Å². The quantitative estimate of drug-likeness (QED) is 0.831. The zero-order valence-electron chi connectivity index (χ0n) is 15.6. The number of amides is 1. The summed E-state index contributed by atoms with van der Waals surface area (Å²) in [7, 11) is 0. The van der Waals surface area contributed by atoms with Crippen molar-refractivity contribution in [2.24, 2.45) is 11.3 Å². The fourth-order valence-corrected chi connectivity index (χ4v) is 4.91. The molecule has 0 N–H and O–H groups in total. The van der Waals surface area contributed by atoms with Crippen LogP contribution in [0.25, 0.3) is 0 Å². The summed E-state index contributed by atoms with van der Waals surface area (Å²) in [6.07, 6.45) is 11.1. The van der Waals surface area contributed by atoms with E-state index >= 15 is 0 Å². The molecule has 1 aromatic heterocycles. The maximum atomic E-state index is 12.9. The summed E-state index contributed by atoms with van der Waals surface area (Å²) in [5, 5.41) is 0. The molecule has 3 aliphatic rings. The van der Waals surface area contributed by atoms with E-state index in [2.05, 4.69) is 19.8 Å². The number of hydrogen-bond acceptors (Lipinski definition) is 5. The van der Waals surface area contributed by atoms with Crippen molar-refractivity contribution in [2.45, 2.75) is 44.9 Å². The molecule has 142 valence electrons. The molecule has 26 heavy (non-hydrogen) atoms. The van der Waals surface area contributed by atoms with Crippen LogP contribution in [0.3, 0.4) is 0 Å². The van der Waals surface area contributed by atoms with Gasteiger partial charge in [-0.1, -0.05) is 0 Å². The molecule has 1 spiro atoms. The first-order valence-corrected chi connectivity index (χ1v) is 10.1. The van der Waals surface area contributed by atoms with Crippen molar-refractivity contribution in [1.29, 1.82) is 0 Å². The molecule has 1 unspecified atom stereocenters. The SMILES string of the molecule is O=C(CC1CCOCC1)N1CCCC2(CCCN(c3ncccn3)C2)C1. The first-order valence-electron chi connectivity index (χ1n) is 10.1. The molecule has 6 heteroatoms. The predicted octanol–water partition coefficient (Wildman–Crippen LogP) is 2.50. The van der Waals surface area contributed by atoms with Crippen LogP contribution in [0.2, 0.25) is 0 Å². The summed E-state index contributed by atoms with van der Waals surface area (Å²) in [6, 6.07) is 1.86. The molecule has 3 saturated heterocycles. The highest BCUT2D eigenvalue weighted by Gasteiger charge is 2.41. The van der Waals surface area contributed by atoms with E-state index in [9.17, 15) is 4.79 Å². The number of likely N-dealkylation sites (tertiary alicyclic amines) is 1. The number of piperidine rings is 2. The Labute approximate surface area is 155 Å². The second kappa shape index (κ2) is 7.91. The molecule has 3 aliphatic heterocycles. The number of aromatic nitrogens is 2. The van der Waals surface area contributed by atoms with E-state index in [1.54, 1.807) is 0 Å². The van der Waals surface area contributed by atoms with Crippen molar-refractivity contribution in [3.8, 4) is 0 Å². The summed E-state index contributed by atoms with van der Waals surface area (Å²) in [5.74, 6) is 1.69. The van der Waals surface area contributed by atoms with Gasteiger partial charge in [-0.05, 0) is 50.5 Å². The van der Waals surface area contributed by atoms with Gasteiger partial charge in [0.2, 0.25) is 11.9 Å². The van der Waals surface area contributed by atoms with Crippen molar-refractivity contribution in [2.75, 3.05) is 44.3 Å². The Morgan fingerprint density at radius 3 is 2.62 bits per heavy atom. The van der Waals surface area contributed by atoms with Crippen molar-refractivity contribution >= 4 is 11.9 Å². The lowest BCUT2D eigenvalue weighted by molar-refractivity contribution is -0.136. The number of hydrogen-bond donors (Lipinski definition) is 0. The van der Waals surface area contributed by atoms with Gasteiger partial charge in [0.15, 0.2) is 0 Å². The first-order chi connectivity index (χ1) is 12.7. The van der Waals surface area contributed by atoms with Gasteiger partial charge in [-0.25, -0.2) is 9.97 Å². The third-order valence-electron chi connectivity index (χ3n) is 6.31. The normalized spacial score (nSPS) is 27.7. The van der Waals surface area contributed by atoms with Crippen LogP contribution in [0.15, 0.2) is 18.5 Å². The zero-order chi connectivity index (χ0) is 17.8. The topological polar surface area (TPSA) is 58.6 Å². The standard InChI is InChI=1S/C20H30N4O2/c25-18(14-17-4-12-26-13-5-17)23-10-1-6-20(15-23)7-2-11-24(16-20)19-21-8-3-9-22-19/h3,8-9,17H,1-2,4-7,10-16H2. The monoisotopic (exact) mass is 358 g/mol. The van der Waals surface area contributed by atoms with Crippen molar-refractivity contribution < 1.29 is 9.53 Å². The maximum absolute atomic E-state index is 12.9. The molecule has 0 aliphatic carbocycles. The highest BCUT2D eigenvalue weighted by atomic mass is 16.5. The van der Waals surface area contributed by atoms with E-state index in [1.165, 1.54) is 12.8 Å². The summed E-state index contributed by atoms with van der Waals surface area (Å²) < 4.78 is 5.43. The number of carbonyl (C=O) groups excluding carboxylic acids is 1. The minimum Gasteiger partial charge on any atom is -0.381 e. The molecule has 6 nitrogen and oxygen atoms in total. The second-order valence-corrected chi connectivity index (χ2v) is 8.25. The van der Waals surface area contributed by atoms with E-state index in [1.807, 2.05) is 18.5 Å². The van der Waals surface area contributed by atoms with Crippen molar-refractivity contribution in [3.63, 3.8) is 0 Å². The summed E-state index contributed by atoms with van der Waals surface area (Å²) in [6.45, 7) is 5.44. The Kier molecular flexibility index (Phi) is 5.38. The van der Waals surface area contributed by atoms with E-state index in [0.29, 0.717) is 18.2 Å². The molecule has 1 amide bonds. The Morgan fingerprint density at radius 1 is 1.12 bits per heavy atom. The fourth-order valence-electron chi connectivity index (χ4n) is 4.91. The van der Waals surface area contributed by atoms with Gasteiger partial charge in [-0.15, -0.1) is 0 Å². The number of carbonyl (C=O) groups is 1. The van der Waals surface area contributed by atoms with E-state index in [-0.39, 0.29) is 5.41 Å². The first kappa shape index (κ1) is 17.7. The minimum absolute atomic E-state index is 0.209. The number of nitrogens with zero attached hydrogens (tertiary/aromatic N) is 4. The molecule has 0 saturated carbocycles. The Bertz CT molecular complexity index is 601. The van der Waals surface area contributed by atoms with E-state index < -0.39 is 0 Å². The van der Waals surface area contributed by atoms with E-state index in [4.69, 9.17) is 4.74 Å². The molecule has 1 aromatic rings. The van der Waals surface area contributed by atoms with Crippen LogP contribution in [0.4, 0.5) is 5.95 Å². The summed E-state index contributed by atoms with van der Waals surface area (Å²) >= 11 is 0. The molecule has 3 fully saturated rings. The van der Waals surface area contributed by atoms with Crippen LogP contribution in [-0.2, 0) is 9.53 Å². The van der Waals surface area contributed by atoms with Crippen LogP contribution in [0.1, 0.15) is 44.9 Å². The predicted molar refractivity (Wildman–Crippen MR) is 99.9 cm³/mol. The summed E-state index contributed by atoms with van der Waals surface area (Å²) in [5.41, 5.74) is 0.209. The smallest absolute Gasteiger partial charge is 0.225 e. The summed E-state index contributed by atoms with van der Waals surface area (Å²) in [4.78, 5) is 26.2. The molecular formula is C20H30N4O2. The average molecular weight is 358 g/mol. The maximum Gasteiger partial charge on any atom is 0.225 e. The fraction of sp³-hybridized carbons (Fsp3) is 0.750. The lowest BCUT2D eigenvalue weighted by Crippen LogP contribution is -2.54. The number of anilines is 1. The molecule has 0 radical (unpaired) electrons. The van der Waals surface area contributed by atoms with Crippen molar-refractivity contribution in [3.05, 3.63) is 18.5 Å². The Morgan fingerprint density at radius 2 is 1.85 bits per heavy atom. The minimum atomic E-state index is 0.209. The van der Waals surface area contributed by atoms with Crippen LogP contribution in [0.5, 0.6) is 0 Å². The molecule has 0 aromatic carbocycles. The van der Waals surface area contributed by atoms with Crippen molar-refractivity contribution in [1.82, 2.24) is 14.9 Å². The van der Waals surface area contributed by atoms with Gasteiger partial charge in [0.1, 0.15) is 0 Å². The van der Waals surface area contributed by atoms with Crippen LogP contribution < -0.4 is 4.90 Å². The Balaban J connectivity index is 1.39. The lowest BCUT2D eigenvalue weighted by atomic mass is 9.73. The third kappa shape index (κ3) is 4.00. The van der Waals surface area contributed by atoms with Crippen LogP contribution in [-0.4, -0.2) is 60.2 Å². The zero-order valence-corrected chi connectivity index (χ0v) is 15.6. The molecular weight excluding hydrogens is 328 g/mol. The average Bonchev–Trinajstić information content (AvgIpc) is 2.69. The third-order valence-corrected chi connectivity index (χ3v) is 6.31. The van der Waals surface area contributed by atoms with Gasteiger partial charge in [-0.3, -0.25) is 4.79 Å². The van der Waals surface area contributed by atoms with Gasteiger partial charge >= 0.3 is 0 Å². The Hall–Kier alpha value is -1.69. The second-order valence-electron chi connectivity index (χ2n) is 8.25. The van der Waals surface area contributed by atoms with Gasteiger partial charge in [-0.2, -0.15) is 0 Å². The highest BCUT2D eigenvalue weighted by molar-refractivity contribution is 5.76. The molecule has 0 bridgehead atoms. The number of ether oxygens (including phenoxy) is 1. The molecule has 1 atom stereocenters. The largest absolute Gasteiger partial charge is 0.381 e. The lowest BCUT2D eigenvalue weighted by Gasteiger charge is -2.48. The van der Waals surface area contributed by atoms with Gasteiger partial charge in [0.05, 0.1) is 0 Å². The molecule has 4 rings (SSSR count). The number of rotatable bonds is 3. The van der Waals surface area contributed by atoms with Crippen LogP contribution in [0, 0.1) is 11.3 Å². The van der Waals surface area contributed by atoms with Crippen LogP contribution >= 0.6 is 0 Å². The van der Waals surface area contributed by atoms with Gasteiger partial charge in [0.25, 0.3) is 0 Å². The van der Waals surface area contributed by atoms with Gasteiger partial charge < -0.3 is 14.5 Å². The highest BCUT2D eigenvalue weighted by Crippen LogP contribution is 2.39. The van der Waals surface area contributed by atoms with Gasteiger partial charge in [0, 0.05) is 63.6 Å². The molecule has 4 heterocycles.